The summed E-state index contributed by atoms with van der Waals surface area (Å²) in [5.41, 5.74) is 0.725. The molecule has 1 aliphatic heterocycles. The summed E-state index contributed by atoms with van der Waals surface area (Å²) in [6, 6.07) is 5.13. The molecule has 10 heteroatoms. The van der Waals surface area contributed by atoms with Crippen molar-refractivity contribution in [2.24, 2.45) is 0 Å². The van der Waals surface area contributed by atoms with Gasteiger partial charge in [-0.15, -0.1) is 5.10 Å². The van der Waals surface area contributed by atoms with Gasteiger partial charge in [-0.25, -0.2) is 8.42 Å². The van der Waals surface area contributed by atoms with Crippen LogP contribution in [0.25, 0.3) is 0 Å². The van der Waals surface area contributed by atoms with Crippen molar-refractivity contribution in [3.63, 3.8) is 0 Å². The predicted molar refractivity (Wildman–Crippen MR) is 96.6 cm³/mol. The SMILES string of the molecule is COc1ccc(Nc2cnnc(N(C)C3CCS(=O)(=O)C3)n2)cc1Cl. The molecule has 0 aliphatic carbocycles. The number of rotatable bonds is 5. The molecule has 134 valence electrons. The van der Waals surface area contributed by atoms with E-state index in [0.29, 0.717) is 29.0 Å². The highest BCUT2D eigenvalue weighted by Gasteiger charge is 2.31. The number of nitrogens with one attached hydrogen (secondary N) is 1. The third kappa shape index (κ3) is 4.10. The Morgan fingerprint density at radius 1 is 1.40 bits per heavy atom. The summed E-state index contributed by atoms with van der Waals surface area (Å²) >= 11 is 6.11. The van der Waals surface area contributed by atoms with Gasteiger partial charge in [0.15, 0.2) is 15.7 Å². The van der Waals surface area contributed by atoms with Crippen LogP contribution in [-0.2, 0) is 9.84 Å². The van der Waals surface area contributed by atoms with Crippen molar-refractivity contribution in [1.82, 2.24) is 15.2 Å². The number of nitrogens with zero attached hydrogens (tertiary/aromatic N) is 4. The molecule has 0 radical (unpaired) electrons. The van der Waals surface area contributed by atoms with Gasteiger partial charge in [0.2, 0.25) is 5.95 Å². The van der Waals surface area contributed by atoms with E-state index in [1.807, 2.05) is 0 Å². The first-order valence-corrected chi connectivity index (χ1v) is 9.81. The van der Waals surface area contributed by atoms with Crippen molar-refractivity contribution in [3.05, 3.63) is 29.4 Å². The molecule has 2 aromatic rings. The summed E-state index contributed by atoms with van der Waals surface area (Å²) in [4.78, 5) is 6.16. The number of benzene rings is 1. The van der Waals surface area contributed by atoms with E-state index in [9.17, 15) is 8.42 Å². The Bertz CT molecular complexity index is 877. The molecular weight excluding hydrogens is 366 g/mol. The van der Waals surface area contributed by atoms with Gasteiger partial charge >= 0.3 is 0 Å². The fraction of sp³-hybridized carbons (Fsp3) is 0.400. The second kappa shape index (κ2) is 7.01. The van der Waals surface area contributed by atoms with Gasteiger partial charge in [-0.3, -0.25) is 0 Å². The van der Waals surface area contributed by atoms with Crippen molar-refractivity contribution in [3.8, 4) is 5.75 Å². The Labute approximate surface area is 151 Å². The summed E-state index contributed by atoms with van der Waals surface area (Å²) in [6.45, 7) is 0. The van der Waals surface area contributed by atoms with Gasteiger partial charge in [0.1, 0.15) is 5.75 Å². The van der Waals surface area contributed by atoms with E-state index in [4.69, 9.17) is 16.3 Å². The lowest BCUT2D eigenvalue weighted by atomic mass is 10.2. The van der Waals surface area contributed by atoms with E-state index in [-0.39, 0.29) is 17.5 Å². The zero-order valence-electron chi connectivity index (χ0n) is 13.8. The van der Waals surface area contributed by atoms with Gasteiger partial charge in [0.25, 0.3) is 0 Å². The smallest absolute Gasteiger partial charge is 0.247 e. The van der Waals surface area contributed by atoms with Crippen LogP contribution in [0.15, 0.2) is 24.4 Å². The first kappa shape index (κ1) is 17.7. The standard InChI is InChI=1S/C15H18ClN5O3S/c1-21(11-5-6-25(22,23)9-11)15-19-14(8-17-20-15)18-10-3-4-13(24-2)12(16)7-10/h3-4,7-8,11H,5-6,9H2,1-2H3,(H,18,19,20). The third-order valence-corrected chi connectivity index (χ3v) is 6.09. The molecule has 1 aromatic heterocycles. The molecule has 1 saturated heterocycles. The molecule has 3 rings (SSSR count). The van der Waals surface area contributed by atoms with Crippen LogP contribution in [0.5, 0.6) is 5.75 Å². The van der Waals surface area contributed by atoms with Crippen LogP contribution in [-0.4, -0.2) is 55.3 Å². The van der Waals surface area contributed by atoms with E-state index in [0.717, 1.165) is 5.69 Å². The summed E-state index contributed by atoms with van der Waals surface area (Å²) < 4.78 is 28.4. The molecule has 8 nitrogen and oxygen atoms in total. The monoisotopic (exact) mass is 383 g/mol. The van der Waals surface area contributed by atoms with Crippen LogP contribution in [0.2, 0.25) is 5.02 Å². The normalized spacial score (nSPS) is 18.8. The number of hydrogen-bond donors (Lipinski definition) is 1. The quantitative estimate of drug-likeness (QED) is 0.836. The summed E-state index contributed by atoms with van der Waals surface area (Å²) in [5, 5.41) is 11.5. The molecule has 0 spiro atoms. The van der Waals surface area contributed by atoms with Gasteiger partial charge < -0.3 is 15.0 Å². The lowest BCUT2D eigenvalue weighted by Crippen LogP contribution is -2.34. The molecule has 1 unspecified atom stereocenters. The zero-order chi connectivity index (χ0) is 18.0. The number of ether oxygens (including phenoxy) is 1. The lowest BCUT2D eigenvalue weighted by Gasteiger charge is -2.22. The van der Waals surface area contributed by atoms with E-state index in [1.165, 1.54) is 6.20 Å². The molecule has 25 heavy (non-hydrogen) atoms. The maximum absolute atomic E-state index is 11.7. The number of halogens is 1. The van der Waals surface area contributed by atoms with E-state index >= 15 is 0 Å². The summed E-state index contributed by atoms with van der Waals surface area (Å²) in [5.74, 6) is 1.73. The molecule has 1 aliphatic rings. The van der Waals surface area contributed by atoms with Crippen LogP contribution in [0.3, 0.4) is 0 Å². The van der Waals surface area contributed by atoms with E-state index < -0.39 is 9.84 Å². The van der Waals surface area contributed by atoms with Crippen molar-refractivity contribution < 1.29 is 13.2 Å². The Balaban J connectivity index is 1.76. The number of anilines is 3. The van der Waals surface area contributed by atoms with Crippen LogP contribution in [0.1, 0.15) is 6.42 Å². The van der Waals surface area contributed by atoms with E-state index in [1.54, 1.807) is 37.3 Å². The molecule has 0 saturated carbocycles. The van der Waals surface area contributed by atoms with Gasteiger partial charge in [-0.1, -0.05) is 11.6 Å². The topological polar surface area (TPSA) is 97.3 Å². The Kier molecular flexibility index (Phi) is 4.96. The minimum absolute atomic E-state index is 0.110. The van der Waals surface area contributed by atoms with Gasteiger partial charge in [-0.05, 0) is 24.6 Å². The van der Waals surface area contributed by atoms with Crippen molar-refractivity contribution >= 4 is 38.9 Å². The Hall–Kier alpha value is -2.13. The minimum atomic E-state index is -2.98. The van der Waals surface area contributed by atoms with Crippen molar-refractivity contribution in [2.45, 2.75) is 12.5 Å². The fourth-order valence-corrected chi connectivity index (χ4v) is 4.67. The highest BCUT2D eigenvalue weighted by Crippen LogP contribution is 2.28. The fourth-order valence-electron chi connectivity index (χ4n) is 2.64. The van der Waals surface area contributed by atoms with Crippen molar-refractivity contribution in [2.75, 3.05) is 35.9 Å². The Morgan fingerprint density at radius 3 is 2.84 bits per heavy atom. The minimum Gasteiger partial charge on any atom is -0.495 e. The van der Waals surface area contributed by atoms with Crippen molar-refractivity contribution in [1.29, 1.82) is 0 Å². The average molecular weight is 384 g/mol. The number of methoxy groups -OCH3 is 1. The predicted octanol–water partition coefficient (Wildman–Crippen LogP) is 1.90. The van der Waals surface area contributed by atoms with Crippen LogP contribution in [0, 0.1) is 0 Å². The number of hydrogen-bond acceptors (Lipinski definition) is 8. The molecule has 1 N–H and O–H groups in total. The summed E-state index contributed by atoms with van der Waals surface area (Å²) in [7, 11) is 0.346. The molecule has 2 heterocycles. The second-order valence-corrected chi connectivity index (χ2v) is 8.42. The maximum Gasteiger partial charge on any atom is 0.247 e. The maximum atomic E-state index is 11.7. The number of sulfone groups is 1. The largest absolute Gasteiger partial charge is 0.495 e. The summed E-state index contributed by atoms with van der Waals surface area (Å²) in [6.07, 6.45) is 2.05. The van der Waals surface area contributed by atoms with E-state index in [2.05, 4.69) is 20.5 Å². The average Bonchev–Trinajstić information content (AvgIpc) is 2.94. The molecule has 1 fully saturated rings. The third-order valence-electron chi connectivity index (χ3n) is 4.04. The lowest BCUT2D eigenvalue weighted by molar-refractivity contribution is 0.415. The molecule has 1 aromatic carbocycles. The second-order valence-electron chi connectivity index (χ2n) is 5.78. The highest BCUT2D eigenvalue weighted by molar-refractivity contribution is 7.91. The molecular formula is C15H18ClN5O3S. The first-order valence-electron chi connectivity index (χ1n) is 7.61. The molecule has 1 atom stereocenters. The van der Waals surface area contributed by atoms with Crippen LogP contribution in [0.4, 0.5) is 17.5 Å². The molecule has 0 amide bonds. The number of aromatic nitrogens is 3. The van der Waals surface area contributed by atoms with Gasteiger partial charge in [0, 0.05) is 18.8 Å². The highest BCUT2D eigenvalue weighted by atomic mass is 35.5. The van der Waals surface area contributed by atoms with Crippen LogP contribution >= 0.6 is 11.6 Å². The molecule has 0 bridgehead atoms. The van der Waals surface area contributed by atoms with Crippen LogP contribution < -0.4 is 15.0 Å². The Morgan fingerprint density at radius 2 is 2.20 bits per heavy atom. The van der Waals surface area contributed by atoms with Gasteiger partial charge in [0.05, 0.1) is 29.8 Å². The zero-order valence-corrected chi connectivity index (χ0v) is 15.4. The van der Waals surface area contributed by atoms with Gasteiger partial charge in [-0.2, -0.15) is 10.1 Å². The first-order chi connectivity index (χ1) is 11.9.